The van der Waals surface area contributed by atoms with Crippen LogP contribution in [-0.2, 0) is 0 Å². The van der Waals surface area contributed by atoms with Gasteiger partial charge in [0.15, 0.2) is 0 Å². The molecule has 1 rings (SSSR count). The second kappa shape index (κ2) is 7.61. The van der Waals surface area contributed by atoms with Crippen molar-refractivity contribution in [1.82, 2.24) is 9.88 Å². The van der Waals surface area contributed by atoms with Crippen LogP contribution in [0.3, 0.4) is 0 Å². The van der Waals surface area contributed by atoms with Crippen molar-refractivity contribution in [2.24, 2.45) is 11.7 Å². The van der Waals surface area contributed by atoms with E-state index in [0.29, 0.717) is 12.0 Å². The van der Waals surface area contributed by atoms with E-state index >= 15 is 0 Å². The van der Waals surface area contributed by atoms with E-state index in [0.717, 1.165) is 18.7 Å². The third kappa shape index (κ3) is 4.59. The van der Waals surface area contributed by atoms with Crippen molar-refractivity contribution in [2.45, 2.75) is 59.2 Å². The fraction of sp³-hybridized carbons (Fsp3) is 0.688. The average Bonchev–Trinajstić information content (AvgIpc) is 2.38. The van der Waals surface area contributed by atoms with Crippen molar-refractivity contribution in [2.75, 3.05) is 6.54 Å². The first-order valence-corrected chi connectivity index (χ1v) is 7.39. The smallest absolute Gasteiger partial charge is 0.0675 e. The summed E-state index contributed by atoms with van der Waals surface area (Å²) in [7, 11) is 0. The lowest BCUT2D eigenvalue weighted by Gasteiger charge is -2.38. The maximum Gasteiger partial charge on any atom is 0.0675 e. The fourth-order valence-electron chi connectivity index (χ4n) is 2.48. The topological polar surface area (TPSA) is 42.1 Å². The summed E-state index contributed by atoms with van der Waals surface area (Å²) in [4.78, 5) is 7.02. The van der Waals surface area contributed by atoms with Crippen LogP contribution in [0.2, 0.25) is 0 Å². The Morgan fingerprint density at radius 1 is 1.21 bits per heavy atom. The van der Waals surface area contributed by atoms with Crippen molar-refractivity contribution in [3.8, 4) is 0 Å². The Hall–Kier alpha value is -0.930. The zero-order valence-electron chi connectivity index (χ0n) is 13.0. The van der Waals surface area contributed by atoms with Crippen molar-refractivity contribution in [3.63, 3.8) is 0 Å². The highest BCUT2D eigenvalue weighted by Crippen LogP contribution is 2.26. The molecule has 3 nitrogen and oxygen atoms in total. The molecule has 1 aromatic heterocycles. The molecular weight excluding hydrogens is 234 g/mol. The van der Waals surface area contributed by atoms with Crippen molar-refractivity contribution in [1.29, 1.82) is 0 Å². The summed E-state index contributed by atoms with van der Waals surface area (Å²) in [6.07, 6.45) is 2.82. The fourth-order valence-corrected chi connectivity index (χ4v) is 2.48. The van der Waals surface area contributed by atoms with Crippen LogP contribution in [0.15, 0.2) is 24.4 Å². The highest BCUT2D eigenvalue weighted by Gasteiger charge is 2.28. The lowest BCUT2D eigenvalue weighted by atomic mass is 9.98. The number of nitrogens with two attached hydrogens (primary N) is 1. The summed E-state index contributed by atoms with van der Waals surface area (Å²) in [6.45, 7) is 12.2. The van der Waals surface area contributed by atoms with Crippen molar-refractivity contribution < 1.29 is 0 Å². The summed E-state index contributed by atoms with van der Waals surface area (Å²) >= 11 is 0. The predicted octanol–water partition coefficient (Wildman–Crippen LogP) is 3.23. The number of pyridine rings is 1. The molecule has 1 heterocycles. The molecule has 19 heavy (non-hydrogen) atoms. The van der Waals surface area contributed by atoms with E-state index in [1.807, 2.05) is 18.3 Å². The zero-order chi connectivity index (χ0) is 14.4. The Kier molecular flexibility index (Phi) is 6.46. The SMILES string of the molecule is CCC(N)C(c1ccccn1)N(CC(C)C)C(C)C. The van der Waals surface area contributed by atoms with Gasteiger partial charge in [0.2, 0.25) is 0 Å². The van der Waals surface area contributed by atoms with Crippen LogP contribution in [0.1, 0.15) is 52.8 Å². The summed E-state index contributed by atoms with van der Waals surface area (Å²) in [5.41, 5.74) is 7.47. The summed E-state index contributed by atoms with van der Waals surface area (Å²) in [5.74, 6) is 0.623. The minimum absolute atomic E-state index is 0.121. The summed E-state index contributed by atoms with van der Waals surface area (Å²) in [5, 5.41) is 0. The molecule has 1 aromatic rings. The number of rotatable bonds is 7. The first-order chi connectivity index (χ1) is 8.97. The molecule has 2 atom stereocenters. The van der Waals surface area contributed by atoms with Gasteiger partial charge in [0.25, 0.3) is 0 Å². The Balaban J connectivity index is 3.07. The van der Waals surface area contributed by atoms with E-state index in [9.17, 15) is 0 Å². The molecule has 0 aliphatic rings. The minimum atomic E-state index is 0.121. The molecule has 0 amide bonds. The van der Waals surface area contributed by atoms with Crippen molar-refractivity contribution >= 4 is 0 Å². The molecule has 0 aliphatic heterocycles. The van der Waals surface area contributed by atoms with Gasteiger partial charge in [-0.1, -0.05) is 26.8 Å². The van der Waals surface area contributed by atoms with Gasteiger partial charge in [-0.3, -0.25) is 9.88 Å². The maximum atomic E-state index is 6.38. The normalized spacial score (nSPS) is 15.2. The van der Waals surface area contributed by atoms with E-state index in [-0.39, 0.29) is 12.1 Å². The highest BCUT2D eigenvalue weighted by molar-refractivity contribution is 5.12. The minimum Gasteiger partial charge on any atom is -0.326 e. The molecule has 3 heteroatoms. The van der Waals surface area contributed by atoms with Crippen LogP contribution >= 0.6 is 0 Å². The van der Waals surface area contributed by atoms with Gasteiger partial charge in [-0.25, -0.2) is 0 Å². The first-order valence-electron chi connectivity index (χ1n) is 7.39. The predicted molar refractivity (Wildman–Crippen MR) is 81.9 cm³/mol. The first kappa shape index (κ1) is 16.1. The lowest BCUT2D eigenvalue weighted by Crippen LogP contribution is -2.46. The van der Waals surface area contributed by atoms with Crippen molar-refractivity contribution in [3.05, 3.63) is 30.1 Å². The molecule has 108 valence electrons. The van der Waals surface area contributed by atoms with Gasteiger partial charge in [0.1, 0.15) is 0 Å². The standard InChI is InChI=1S/C16H29N3/c1-6-14(17)16(15-9-7-8-10-18-15)19(13(4)5)11-12(2)3/h7-10,12-14,16H,6,11,17H2,1-5H3. The molecule has 2 unspecified atom stereocenters. The van der Waals surface area contributed by atoms with Crippen LogP contribution < -0.4 is 5.73 Å². The van der Waals surface area contributed by atoms with E-state index in [1.54, 1.807) is 0 Å². The second-order valence-corrected chi connectivity index (χ2v) is 5.96. The van der Waals surface area contributed by atoms with Crippen LogP contribution in [0.25, 0.3) is 0 Å². The molecular formula is C16H29N3. The molecule has 0 bridgehead atoms. The number of hydrogen-bond donors (Lipinski definition) is 1. The summed E-state index contributed by atoms with van der Waals surface area (Å²) in [6, 6.07) is 6.89. The molecule has 0 aliphatic carbocycles. The Bertz CT molecular complexity index is 348. The van der Waals surface area contributed by atoms with Crippen LogP contribution in [-0.4, -0.2) is 28.5 Å². The quantitative estimate of drug-likeness (QED) is 0.821. The Labute approximate surface area is 118 Å². The van der Waals surface area contributed by atoms with Gasteiger partial charge in [0, 0.05) is 24.8 Å². The number of hydrogen-bond acceptors (Lipinski definition) is 3. The van der Waals surface area contributed by atoms with E-state index in [2.05, 4.69) is 50.6 Å². The molecule has 0 spiro atoms. The number of aromatic nitrogens is 1. The van der Waals surface area contributed by atoms with Crippen LogP contribution in [0.4, 0.5) is 0 Å². The van der Waals surface area contributed by atoms with E-state index in [4.69, 9.17) is 5.73 Å². The molecule has 0 aromatic carbocycles. The number of nitrogens with zero attached hydrogens (tertiary/aromatic N) is 2. The monoisotopic (exact) mass is 263 g/mol. The van der Waals surface area contributed by atoms with E-state index < -0.39 is 0 Å². The summed E-state index contributed by atoms with van der Waals surface area (Å²) < 4.78 is 0. The second-order valence-electron chi connectivity index (χ2n) is 5.96. The van der Waals surface area contributed by atoms with Gasteiger partial charge >= 0.3 is 0 Å². The van der Waals surface area contributed by atoms with Gasteiger partial charge in [-0.15, -0.1) is 0 Å². The van der Waals surface area contributed by atoms with Gasteiger partial charge in [-0.05, 0) is 38.3 Å². The van der Waals surface area contributed by atoms with E-state index in [1.165, 1.54) is 0 Å². The third-order valence-corrected chi connectivity index (χ3v) is 3.46. The largest absolute Gasteiger partial charge is 0.326 e. The molecule has 0 fully saturated rings. The Morgan fingerprint density at radius 2 is 1.89 bits per heavy atom. The lowest BCUT2D eigenvalue weighted by molar-refractivity contribution is 0.111. The molecule has 0 radical (unpaired) electrons. The van der Waals surface area contributed by atoms with Gasteiger partial charge < -0.3 is 5.73 Å². The van der Waals surface area contributed by atoms with Gasteiger partial charge in [0.05, 0.1) is 11.7 Å². The average molecular weight is 263 g/mol. The highest BCUT2D eigenvalue weighted by atomic mass is 15.2. The van der Waals surface area contributed by atoms with Crippen LogP contribution in [0.5, 0.6) is 0 Å². The van der Waals surface area contributed by atoms with Crippen LogP contribution in [0, 0.1) is 5.92 Å². The Morgan fingerprint density at radius 3 is 2.32 bits per heavy atom. The molecule has 2 N–H and O–H groups in total. The molecule has 0 saturated heterocycles. The molecule has 0 saturated carbocycles. The zero-order valence-corrected chi connectivity index (χ0v) is 13.0. The van der Waals surface area contributed by atoms with Gasteiger partial charge in [-0.2, -0.15) is 0 Å². The third-order valence-electron chi connectivity index (χ3n) is 3.46. The maximum absolute atomic E-state index is 6.38.